The van der Waals surface area contributed by atoms with Crippen molar-refractivity contribution in [1.29, 1.82) is 0 Å². The first kappa shape index (κ1) is 16.1. The molecular formula is C11H18N2O4S2. The molecule has 0 amide bonds. The van der Waals surface area contributed by atoms with Gasteiger partial charge in [-0.05, 0) is 39.4 Å². The molecule has 0 aliphatic rings. The molecule has 0 fully saturated rings. The van der Waals surface area contributed by atoms with Crippen LogP contribution in [0.3, 0.4) is 0 Å². The van der Waals surface area contributed by atoms with Gasteiger partial charge in [0.1, 0.15) is 9.77 Å². The molecule has 1 heterocycles. The first-order valence-corrected chi connectivity index (χ1v) is 7.92. The molecular weight excluding hydrogens is 288 g/mol. The number of nitrogens with one attached hydrogen (secondary N) is 1. The van der Waals surface area contributed by atoms with Crippen molar-refractivity contribution in [3.05, 3.63) is 16.3 Å². The van der Waals surface area contributed by atoms with Gasteiger partial charge in [-0.1, -0.05) is 0 Å². The predicted octanol–water partition coefficient (Wildman–Crippen LogP) is 1.06. The van der Waals surface area contributed by atoms with E-state index in [1.54, 1.807) is 0 Å². The van der Waals surface area contributed by atoms with E-state index in [4.69, 9.17) is 5.11 Å². The average molecular weight is 306 g/mol. The van der Waals surface area contributed by atoms with E-state index in [0.717, 1.165) is 11.3 Å². The van der Waals surface area contributed by atoms with Gasteiger partial charge in [0.25, 0.3) is 0 Å². The van der Waals surface area contributed by atoms with E-state index < -0.39 is 16.0 Å². The number of sulfonamides is 1. The fourth-order valence-corrected chi connectivity index (χ4v) is 3.63. The number of carbonyl (C=O) groups is 1. The summed E-state index contributed by atoms with van der Waals surface area (Å²) in [6, 6.07) is 1.30. The van der Waals surface area contributed by atoms with E-state index in [1.807, 2.05) is 32.8 Å². The molecule has 0 spiro atoms. The average Bonchev–Trinajstić information content (AvgIpc) is 2.76. The SMILES string of the molecule is CN(C)C(C)(C)CNS(=O)(=O)c1ccsc1C(=O)O. The highest BCUT2D eigenvalue weighted by Gasteiger charge is 2.27. The second kappa shape index (κ2) is 5.58. The maximum absolute atomic E-state index is 12.1. The lowest BCUT2D eigenvalue weighted by molar-refractivity contribution is 0.0698. The summed E-state index contributed by atoms with van der Waals surface area (Å²) in [7, 11) is -0.109. The fourth-order valence-electron chi connectivity index (χ4n) is 1.17. The Morgan fingerprint density at radius 2 is 2.05 bits per heavy atom. The number of rotatable bonds is 6. The highest BCUT2D eigenvalue weighted by Crippen LogP contribution is 2.22. The van der Waals surface area contributed by atoms with Crippen LogP contribution in [-0.2, 0) is 10.0 Å². The van der Waals surface area contributed by atoms with Crippen molar-refractivity contribution < 1.29 is 18.3 Å². The largest absolute Gasteiger partial charge is 0.477 e. The minimum atomic E-state index is -3.81. The molecule has 0 atom stereocenters. The highest BCUT2D eigenvalue weighted by molar-refractivity contribution is 7.89. The monoisotopic (exact) mass is 306 g/mol. The third-order valence-corrected chi connectivity index (χ3v) is 5.49. The van der Waals surface area contributed by atoms with Gasteiger partial charge in [-0.15, -0.1) is 11.3 Å². The van der Waals surface area contributed by atoms with E-state index in [0.29, 0.717) is 0 Å². The highest BCUT2D eigenvalue weighted by atomic mass is 32.2. The number of thiophene rings is 1. The Labute approximate surface area is 117 Å². The molecule has 6 nitrogen and oxygen atoms in total. The van der Waals surface area contributed by atoms with E-state index in [9.17, 15) is 13.2 Å². The summed E-state index contributed by atoms with van der Waals surface area (Å²) in [6.07, 6.45) is 0. The molecule has 0 unspecified atom stereocenters. The molecule has 1 aromatic rings. The van der Waals surface area contributed by atoms with Crippen molar-refractivity contribution in [3.63, 3.8) is 0 Å². The summed E-state index contributed by atoms with van der Waals surface area (Å²) >= 11 is 0.895. The molecule has 0 saturated heterocycles. The maximum atomic E-state index is 12.1. The van der Waals surface area contributed by atoms with Crippen LogP contribution in [0.2, 0.25) is 0 Å². The van der Waals surface area contributed by atoms with Gasteiger partial charge in [0.15, 0.2) is 0 Å². The van der Waals surface area contributed by atoms with Crippen molar-refractivity contribution in [1.82, 2.24) is 9.62 Å². The molecule has 0 aliphatic carbocycles. The van der Waals surface area contributed by atoms with E-state index >= 15 is 0 Å². The molecule has 108 valence electrons. The summed E-state index contributed by atoms with van der Waals surface area (Å²) in [5.74, 6) is -1.23. The van der Waals surface area contributed by atoms with Crippen LogP contribution in [0.15, 0.2) is 16.3 Å². The van der Waals surface area contributed by atoms with Crippen molar-refractivity contribution in [2.24, 2.45) is 0 Å². The number of likely N-dealkylation sites (N-methyl/N-ethyl adjacent to an activating group) is 1. The Kier molecular flexibility index (Phi) is 4.72. The van der Waals surface area contributed by atoms with E-state index in [2.05, 4.69) is 4.72 Å². The molecule has 0 bridgehead atoms. The second-order valence-electron chi connectivity index (χ2n) is 4.95. The first-order valence-electron chi connectivity index (χ1n) is 5.56. The zero-order valence-corrected chi connectivity index (χ0v) is 12.9. The Hall–Kier alpha value is -0.960. The van der Waals surface area contributed by atoms with Gasteiger partial charge in [0.2, 0.25) is 10.0 Å². The molecule has 0 aromatic carbocycles. The lowest BCUT2D eigenvalue weighted by Gasteiger charge is -2.32. The third kappa shape index (κ3) is 3.75. The summed E-state index contributed by atoms with van der Waals surface area (Å²) in [6.45, 7) is 3.97. The number of carboxylic acids is 1. The standard InChI is InChI=1S/C11H18N2O4S2/c1-11(2,13(3)4)7-12-19(16,17)8-5-6-18-9(8)10(14)15/h5-6,12H,7H2,1-4H3,(H,14,15). The first-order chi connectivity index (χ1) is 8.58. The lowest BCUT2D eigenvalue weighted by Crippen LogP contribution is -2.48. The lowest BCUT2D eigenvalue weighted by atomic mass is 10.1. The molecule has 19 heavy (non-hydrogen) atoms. The maximum Gasteiger partial charge on any atom is 0.347 e. The number of carboxylic acid groups (broad SMARTS) is 1. The number of hydrogen-bond donors (Lipinski definition) is 2. The zero-order chi connectivity index (χ0) is 14.8. The van der Waals surface area contributed by atoms with E-state index in [-0.39, 0.29) is 21.9 Å². The Bertz CT molecular complexity index is 561. The van der Waals surface area contributed by atoms with Gasteiger partial charge in [0.05, 0.1) is 0 Å². The Balaban J connectivity index is 2.94. The number of aromatic carboxylic acids is 1. The summed E-state index contributed by atoms with van der Waals surface area (Å²) < 4.78 is 26.7. The molecule has 1 rings (SSSR count). The molecule has 0 radical (unpaired) electrons. The minimum absolute atomic E-state index is 0.171. The van der Waals surface area contributed by atoms with Gasteiger partial charge in [-0.25, -0.2) is 17.9 Å². The van der Waals surface area contributed by atoms with Crippen molar-refractivity contribution in [2.75, 3.05) is 20.6 Å². The van der Waals surface area contributed by atoms with Crippen LogP contribution in [0, 0.1) is 0 Å². The second-order valence-corrected chi connectivity index (χ2v) is 7.60. The molecule has 2 N–H and O–H groups in total. The summed E-state index contributed by atoms with van der Waals surface area (Å²) in [5.41, 5.74) is -0.369. The van der Waals surface area contributed by atoms with Crippen LogP contribution >= 0.6 is 11.3 Å². The van der Waals surface area contributed by atoms with Crippen LogP contribution in [-0.4, -0.2) is 50.6 Å². The van der Waals surface area contributed by atoms with Crippen molar-refractivity contribution >= 4 is 27.3 Å². The third-order valence-electron chi connectivity index (χ3n) is 3.02. The Morgan fingerprint density at radius 3 is 2.53 bits per heavy atom. The van der Waals surface area contributed by atoms with E-state index in [1.165, 1.54) is 11.4 Å². The molecule has 0 aliphatic heterocycles. The fraction of sp³-hybridized carbons (Fsp3) is 0.545. The van der Waals surface area contributed by atoms with Gasteiger partial charge in [-0.2, -0.15) is 0 Å². The molecule has 1 aromatic heterocycles. The summed E-state index contributed by atoms with van der Waals surface area (Å²) in [5, 5.41) is 10.4. The van der Waals surface area contributed by atoms with Crippen molar-refractivity contribution in [3.8, 4) is 0 Å². The summed E-state index contributed by atoms with van der Waals surface area (Å²) in [4.78, 5) is 12.5. The van der Waals surface area contributed by atoms with Gasteiger partial charge < -0.3 is 10.0 Å². The smallest absolute Gasteiger partial charge is 0.347 e. The van der Waals surface area contributed by atoms with Gasteiger partial charge >= 0.3 is 5.97 Å². The van der Waals surface area contributed by atoms with Gasteiger partial charge in [0, 0.05) is 12.1 Å². The van der Waals surface area contributed by atoms with Crippen molar-refractivity contribution in [2.45, 2.75) is 24.3 Å². The number of hydrogen-bond acceptors (Lipinski definition) is 5. The normalized spacial score (nSPS) is 12.9. The number of nitrogens with zero attached hydrogens (tertiary/aromatic N) is 1. The predicted molar refractivity (Wildman–Crippen MR) is 74.2 cm³/mol. The minimum Gasteiger partial charge on any atom is -0.477 e. The molecule has 0 saturated carbocycles. The Morgan fingerprint density at radius 1 is 1.47 bits per heavy atom. The van der Waals surface area contributed by atoms with Crippen LogP contribution < -0.4 is 4.72 Å². The van der Waals surface area contributed by atoms with Crippen LogP contribution in [0.1, 0.15) is 23.5 Å². The topological polar surface area (TPSA) is 86.7 Å². The van der Waals surface area contributed by atoms with Crippen LogP contribution in [0.4, 0.5) is 0 Å². The zero-order valence-electron chi connectivity index (χ0n) is 11.3. The van der Waals surface area contributed by atoms with Crippen LogP contribution in [0.25, 0.3) is 0 Å². The van der Waals surface area contributed by atoms with Crippen LogP contribution in [0.5, 0.6) is 0 Å². The molecule has 8 heteroatoms. The quantitative estimate of drug-likeness (QED) is 0.821. The van der Waals surface area contributed by atoms with Gasteiger partial charge in [-0.3, -0.25) is 0 Å².